The maximum absolute atomic E-state index is 12.4. The van der Waals surface area contributed by atoms with Gasteiger partial charge >= 0.3 is 0 Å². The third kappa shape index (κ3) is 2.46. The fourth-order valence-electron chi connectivity index (χ4n) is 1.86. The Hall–Kier alpha value is -1.22. The maximum atomic E-state index is 12.4. The topological polar surface area (TPSA) is 91.6 Å². The molecule has 1 saturated heterocycles. The van der Waals surface area contributed by atoms with Crippen molar-refractivity contribution in [1.29, 1.82) is 0 Å². The van der Waals surface area contributed by atoms with E-state index < -0.39 is 10.0 Å². The van der Waals surface area contributed by atoms with Crippen molar-refractivity contribution in [3.63, 3.8) is 0 Å². The summed E-state index contributed by atoms with van der Waals surface area (Å²) < 4.78 is 26.3. The van der Waals surface area contributed by atoms with Crippen LogP contribution in [0.2, 0.25) is 0 Å². The number of hydrogen-bond donors (Lipinski definition) is 2. The van der Waals surface area contributed by atoms with Gasteiger partial charge in [0.25, 0.3) is 10.0 Å². The quantitative estimate of drug-likeness (QED) is 0.558. The average Bonchev–Trinajstić information content (AvgIpc) is 2.39. The van der Waals surface area contributed by atoms with Gasteiger partial charge in [-0.3, -0.25) is 5.84 Å². The highest BCUT2D eigenvalue weighted by Crippen LogP contribution is 2.21. The minimum Gasteiger partial charge on any atom is -0.321 e. The number of nitrogen functional groups attached to an aromatic ring is 1. The number of nitrogens with two attached hydrogens (primary N) is 1. The van der Waals surface area contributed by atoms with Crippen LogP contribution in [0.4, 0.5) is 5.69 Å². The predicted molar refractivity (Wildman–Crippen MR) is 68.3 cm³/mol. The first-order valence-electron chi connectivity index (χ1n) is 5.66. The van der Waals surface area contributed by atoms with Crippen molar-refractivity contribution >= 4 is 15.7 Å². The number of anilines is 1. The third-order valence-electron chi connectivity index (χ3n) is 2.97. The fourth-order valence-corrected chi connectivity index (χ4v) is 3.34. The lowest BCUT2D eigenvalue weighted by Gasteiger charge is -2.31. The zero-order valence-electron chi connectivity index (χ0n) is 10.2. The Bertz CT molecular complexity index is 511. The van der Waals surface area contributed by atoms with Crippen LogP contribution in [0.15, 0.2) is 23.4 Å². The smallest absolute Gasteiger partial charge is 0.262 e. The lowest BCUT2D eigenvalue weighted by molar-refractivity contribution is 0.222. The molecule has 1 aromatic heterocycles. The van der Waals surface area contributed by atoms with E-state index in [-0.39, 0.29) is 5.03 Å². The van der Waals surface area contributed by atoms with Crippen molar-refractivity contribution in [2.75, 3.05) is 38.7 Å². The second-order valence-corrected chi connectivity index (χ2v) is 6.06. The Morgan fingerprint density at radius 2 is 2.00 bits per heavy atom. The Morgan fingerprint density at radius 1 is 1.33 bits per heavy atom. The number of likely N-dealkylation sites (N-methyl/N-ethyl adjacent to an activating group) is 1. The van der Waals surface area contributed by atoms with E-state index in [1.807, 2.05) is 7.05 Å². The summed E-state index contributed by atoms with van der Waals surface area (Å²) in [6.45, 7) is 2.38. The fraction of sp³-hybridized carbons (Fsp3) is 0.500. The Labute approximate surface area is 107 Å². The van der Waals surface area contributed by atoms with Crippen molar-refractivity contribution in [2.24, 2.45) is 5.84 Å². The molecule has 1 fully saturated rings. The lowest BCUT2D eigenvalue weighted by Crippen LogP contribution is -2.47. The minimum atomic E-state index is -3.58. The molecule has 1 aliphatic rings. The minimum absolute atomic E-state index is 0.0166. The number of hydrazine groups is 1. The van der Waals surface area contributed by atoms with Crippen LogP contribution >= 0.6 is 0 Å². The molecule has 8 heteroatoms. The second-order valence-electron chi connectivity index (χ2n) is 4.21. The molecule has 0 aliphatic carbocycles. The van der Waals surface area contributed by atoms with Crippen LogP contribution in [0.25, 0.3) is 0 Å². The normalized spacial score (nSPS) is 18.8. The molecule has 18 heavy (non-hydrogen) atoms. The number of rotatable bonds is 3. The molecule has 0 aromatic carbocycles. The summed E-state index contributed by atoms with van der Waals surface area (Å²) in [6.07, 6.45) is 1.45. The summed E-state index contributed by atoms with van der Waals surface area (Å²) in [6, 6.07) is 3.23. The molecule has 0 spiro atoms. The Morgan fingerprint density at radius 3 is 2.61 bits per heavy atom. The van der Waals surface area contributed by atoms with Gasteiger partial charge in [-0.05, 0) is 19.2 Å². The van der Waals surface area contributed by atoms with Crippen LogP contribution in [0.3, 0.4) is 0 Å². The third-order valence-corrected chi connectivity index (χ3v) is 4.83. The molecule has 7 nitrogen and oxygen atoms in total. The lowest BCUT2D eigenvalue weighted by atomic mass is 10.4. The molecule has 3 N–H and O–H groups in total. The molecule has 1 aromatic rings. The van der Waals surface area contributed by atoms with E-state index in [1.165, 1.54) is 10.5 Å². The molecule has 2 rings (SSSR count). The average molecular weight is 271 g/mol. The van der Waals surface area contributed by atoms with Crippen molar-refractivity contribution < 1.29 is 8.42 Å². The van der Waals surface area contributed by atoms with Crippen molar-refractivity contribution in [1.82, 2.24) is 14.2 Å². The van der Waals surface area contributed by atoms with Gasteiger partial charge in [-0.1, -0.05) is 0 Å². The zero-order valence-corrected chi connectivity index (χ0v) is 11.0. The van der Waals surface area contributed by atoms with Gasteiger partial charge in [-0.2, -0.15) is 4.31 Å². The Kier molecular flexibility index (Phi) is 3.81. The van der Waals surface area contributed by atoms with E-state index >= 15 is 0 Å². The van der Waals surface area contributed by atoms with Gasteiger partial charge < -0.3 is 10.3 Å². The summed E-state index contributed by atoms with van der Waals surface area (Å²) in [5, 5.41) is -0.0166. The molecule has 0 amide bonds. The van der Waals surface area contributed by atoms with E-state index in [0.717, 1.165) is 13.1 Å². The number of aromatic nitrogens is 1. The van der Waals surface area contributed by atoms with Crippen LogP contribution in [0.1, 0.15) is 0 Å². The van der Waals surface area contributed by atoms with Gasteiger partial charge in [-0.25, -0.2) is 13.4 Å². The van der Waals surface area contributed by atoms with E-state index in [9.17, 15) is 8.42 Å². The van der Waals surface area contributed by atoms with Crippen LogP contribution in [-0.4, -0.2) is 55.8 Å². The highest BCUT2D eigenvalue weighted by Gasteiger charge is 2.30. The molecule has 0 atom stereocenters. The Balaban J connectivity index is 2.30. The number of sulfonamides is 1. The first-order chi connectivity index (χ1) is 8.55. The predicted octanol–water partition coefficient (Wildman–Crippen LogP) is -0.697. The van der Waals surface area contributed by atoms with E-state index in [1.54, 1.807) is 12.1 Å². The summed E-state index contributed by atoms with van der Waals surface area (Å²) in [7, 11) is -1.61. The summed E-state index contributed by atoms with van der Waals surface area (Å²) in [5.74, 6) is 5.32. The summed E-state index contributed by atoms with van der Waals surface area (Å²) >= 11 is 0. The molecule has 0 bridgehead atoms. The molecular formula is C10H17N5O2S. The molecule has 100 valence electrons. The molecule has 0 unspecified atom stereocenters. The van der Waals surface area contributed by atoms with E-state index in [0.29, 0.717) is 18.8 Å². The standard InChI is InChI=1S/C10H17N5O2S/c1-14-5-7-15(8-6-14)18(16,17)10-9(13-11)3-2-4-12-10/h2-4,13H,5-8,11H2,1H3. The molecular weight excluding hydrogens is 254 g/mol. The van der Waals surface area contributed by atoms with Crippen molar-refractivity contribution in [3.05, 3.63) is 18.3 Å². The van der Waals surface area contributed by atoms with E-state index in [2.05, 4.69) is 15.3 Å². The first-order valence-corrected chi connectivity index (χ1v) is 7.10. The number of pyridine rings is 1. The van der Waals surface area contributed by atoms with E-state index in [4.69, 9.17) is 5.84 Å². The molecule has 0 saturated carbocycles. The second kappa shape index (κ2) is 5.19. The maximum Gasteiger partial charge on any atom is 0.262 e. The highest BCUT2D eigenvalue weighted by molar-refractivity contribution is 7.89. The van der Waals surface area contributed by atoms with Crippen molar-refractivity contribution in [2.45, 2.75) is 5.03 Å². The highest BCUT2D eigenvalue weighted by atomic mass is 32.2. The van der Waals surface area contributed by atoms with Crippen LogP contribution in [-0.2, 0) is 10.0 Å². The van der Waals surface area contributed by atoms with Crippen LogP contribution in [0, 0.1) is 0 Å². The SMILES string of the molecule is CN1CCN(S(=O)(=O)c2ncccc2NN)CC1. The molecule has 1 aliphatic heterocycles. The van der Waals surface area contributed by atoms with Crippen LogP contribution < -0.4 is 11.3 Å². The van der Waals surface area contributed by atoms with Gasteiger partial charge in [0.15, 0.2) is 5.03 Å². The number of piperazine rings is 1. The molecule has 2 heterocycles. The monoisotopic (exact) mass is 271 g/mol. The van der Waals surface area contributed by atoms with Crippen LogP contribution in [0.5, 0.6) is 0 Å². The van der Waals surface area contributed by atoms with Crippen molar-refractivity contribution in [3.8, 4) is 0 Å². The number of nitrogens with one attached hydrogen (secondary N) is 1. The molecule has 0 radical (unpaired) electrons. The first kappa shape index (κ1) is 13.2. The van der Waals surface area contributed by atoms with Gasteiger partial charge in [0.2, 0.25) is 0 Å². The van der Waals surface area contributed by atoms with Gasteiger partial charge in [-0.15, -0.1) is 0 Å². The number of nitrogens with zero attached hydrogens (tertiary/aromatic N) is 3. The largest absolute Gasteiger partial charge is 0.321 e. The van der Waals surface area contributed by atoms with Gasteiger partial charge in [0.1, 0.15) is 0 Å². The summed E-state index contributed by atoms with van der Waals surface area (Å²) in [5.41, 5.74) is 2.69. The van der Waals surface area contributed by atoms with Gasteiger partial charge in [0.05, 0.1) is 5.69 Å². The number of hydrogen-bond acceptors (Lipinski definition) is 6. The van der Waals surface area contributed by atoms with Gasteiger partial charge in [0, 0.05) is 32.4 Å². The summed E-state index contributed by atoms with van der Waals surface area (Å²) in [4.78, 5) is 6.02. The zero-order chi connectivity index (χ0) is 13.2.